The molecule has 2 rings (SSSR count). The van der Waals surface area contributed by atoms with Gasteiger partial charge in [-0.25, -0.2) is 4.98 Å². The van der Waals surface area contributed by atoms with Gasteiger partial charge in [-0.05, 0) is 26.3 Å². The Morgan fingerprint density at radius 1 is 1.71 bits per heavy atom. The molecule has 1 saturated heterocycles. The van der Waals surface area contributed by atoms with E-state index < -0.39 is 0 Å². The van der Waals surface area contributed by atoms with Gasteiger partial charge in [0.15, 0.2) is 0 Å². The highest BCUT2D eigenvalue weighted by molar-refractivity contribution is 4.99. The number of aliphatic hydroxyl groups excluding tert-OH is 1. The van der Waals surface area contributed by atoms with Crippen molar-refractivity contribution in [2.75, 3.05) is 13.2 Å². The Morgan fingerprint density at radius 2 is 2.57 bits per heavy atom. The second-order valence-electron chi connectivity index (χ2n) is 3.96. The van der Waals surface area contributed by atoms with Gasteiger partial charge in [-0.1, -0.05) is 0 Å². The maximum absolute atomic E-state index is 9.15. The molecular formula is C10H17N3O. The zero-order valence-electron chi connectivity index (χ0n) is 8.53. The van der Waals surface area contributed by atoms with E-state index in [0.29, 0.717) is 6.04 Å². The minimum atomic E-state index is 0.264. The predicted octanol–water partition coefficient (Wildman–Crippen LogP) is 0.675. The lowest BCUT2D eigenvalue weighted by atomic mass is 10.2. The highest BCUT2D eigenvalue weighted by Crippen LogP contribution is 2.18. The highest BCUT2D eigenvalue weighted by Gasteiger charge is 2.24. The van der Waals surface area contributed by atoms with Crippen molar-refractivity contribution in [1.82, 2.24) is 14.9 Å². The summed E-state index contributed by atoms with van der Waals surface area (Å²) < 4.78 is 0. The van der Waals surface area contributed by atoms with Crippen LogP contribution in [0.2, 0.25) is 0 Å². The number of aryl methyl sites for hydroxylation is 1. The summed E-state index contributed by atoms with van der Waals surface area (Å²) in [6, 6.07) is 0.334. The fourth-order valence-corrected chi connectivity index (χ4v) is 2.05. The molecule has 0 radical (unpaired) electrons. The summed E-state index contributed by atoms with van der Waals surface area (Å²) in [5.74, 6) is 1.00. The van der Waals surface area contributed by atoms with Crippen LogP contribution in [0.15, 0.2) is 6.20 Å². The van der Waals surface area contributed by atoms with Crippen LogP contribution in [0.25, 0.3) is 0 Å². The molecule has 4 heteroatoms. The first-order chi connectivity index (χ1) is 6.79. The first-order valence-corrected chi connectivity index (χ1v) is 5.15. The molecule has 78 valence electrons. The van der Waals surface area contributed by atoms with Crippen molar-refractivity contribution in [1.29, 1.82) is 0 Å². The van der Waals surface area contributed by atoms with E-state index in [1.54, 1.807) is 0 Å². The minimum Gasteiger partial charge on any atom is -0.395 e. The maximum Gasteiger partial charge on any atom is 0.120 e. The van der Waals surface area contributed by atoms with Crippen molar-refractivity contribution >= 4 is 0 Å². The zero-order chi connectivity index (χ0) is 9.97. The zero-order valence-corrected chi connectivity index (χ0v) is 8.53. The molecule has 0 aromatic carbocycles. The highest BCUT2D eigenvalue weighted by atomic mass is 16.3. The Balaban J connectivity index is 1.96. The standard InChI is InChI=1S/C10H17N3O/c1-8-5-11-10(12-8)6-13-4-2-3-9(13)7-14/h5,9,14H,2-4,6-7H2,1H3,(H,11,12). The minimum absolute atomic E-state index is 0.264. The van der Waals surface area contributed by atoms with E-state index in [-0.39, 0.29) is 6.61 Å². The molecule has 0 bridgehead atoms. The van der Waals surface area contributed by atoms with Crippen LogP contribution in [0, 0.1) is 6.92 Å². The number of aromatic amines is 1. The molecule has 1 aromatic heterocycles. The number of nitrogens with zero attached hydrogens (tertiary/aromatic N) is 2. The van der Waals surface area contributed by atoms with E-state index in [1.165, 1.54) is 6.42 Å². The van der Waals surface area contributed by atoms with Crippen molar-refractivity contribution in [2.45, 2.75) is 32.4 Å². The average Bonchev–Trinajstić information content (AvgIpc) is 2.76. The van der Waals surface area contributed by atoms with Gasteiger partial charge in [-0.3, -0.25) is 4.90 Å². The molecule has 1 aromatic rings. The van der Waals surface area contributed by atoms with Gasteiger partial charge in [0.25, 0.3) is 0 Å². The van der Waals surface area contributed by atoms with Gasteiger partial charge in [0.2, 0.25) is 0 Å². The number of H-pyrrole nitrogens is 1. The molecule has 0 saturated carbocycles. The summed E-state index contributed by atoms with van der Waals surface area (Å²) in [7, 11) is 0. The SMILES string of the molecule is Cc1cnc(CN2CCCC2CO)[nH]1. The smallest absolute Gasteiger partial charge is 0.120 e. The van der Waals surface area contributed by atoms with E-state index in [9.17, 15) is 0 Å². The quantitative estimate of drug-likeness (QED) is 0.745. The molecule has 1 aliphatic heterocycles. The van der Waals surface area contributed by atoms with Crippen LogP contribution in [-0.2, 0) is 6.54 Å². The summed E-state index contributed by atoms with van der Waals surface area (Å²) >= 11 is 0. The van der Waals surface area contributed by atoms with Crippen molar-refractivity contribution < 1.29 is 5.11 Å². The van der Waals surface area contributed by atoms with Gasteiger partial charge < -0.3 is 10.1 Å². The third-order valence-corrected chi connectivity index (χ3v) is 2.82. The Labute approximate surface area is 84.0 Å². The summed E-state index contributed by atoms with van der Waals surface area (Å²) in [6.07, 6.45) is 4.14. The topological polar surface area (TPSA) is 52.1 Å². The number of hydrogen-bond donors (Lipinski definition) is 2. The lowest BCUT2D eigenvalue weighted by molar-refractivity contribution is 0.151. The third kappa shape index (κ3) is 1.96. The molecule has 2 heterocycles. The summed E-state index contributed by atoms with van der Waals surface area (Å²) in [5.41, 5.74) is 1.10. The van der Waals surface area contributed by atoms with Crippen LogP contribution in [0.4, 0.5) is 0 Å². The lowest BCUT2D eigenvalue weighted by Crippen LogP contribution is -2.31. The first-order valence-electron chi connectivity index (χ1n) is 5.15. The molecule has 1 aliphatic rings. The number of aliphatic hydroxyl groups is 1. The van der Waals surface area contributed by atoms with Crippen molar-refractivity contribution in [2.24, 2.45) is 0 Å². The molecule has 1 fully saturated rings. The van der Waals surface area contributed by atoms with Crippen molar-refractivity contribution in [3.8, 4) is 0 Å². The van der Waals surface area contributed by atoms with E-state index in [2.05, 4.69) is 14.9 Å². The van der Waals surface area contributed by atoms with E-state index >= 15 is 0 Å². The Bertz CT molecular complexity index is 297. The van der Waals surface area contributed by atoms with Crippen LogP contribution in [0.3, 0.4) is 0 Å². The third-order valence-electron chi connectivity index (χ3n) is 2.82. The first kappa shape index (κ1) is 9.68. The van der Waals surface area contributed by atoms with Crippen LogP contribution in [-0.4, -0.2) is 39.2 Å². The monoisotopic (exact) mass is 195 g/mol. The van der Waals surface area contributed by atoms with Crippen molar-refractivity contribution in [3.63, 3.8) is 0 Å². The molecule has 14 heavy (non-hydrogen) atoms. The van der Waals surface area contributed by atoms with Gasteiger partial charge in [0.1, 0.15) is 5.82 Å². The molecular weight excluding hydrogens is 178 g/mol. The molecule has 4 nitrogen and oxygen atoms in total. The molecule has 0 spiro atoms. The Hall–Kier alpha value is -0.870. The van der Waals surface area contributed by atoms with Crippen LogP contribution in [0.5, 0.6) is 0 Å². The van der Waals surface area contributed by atoms with Crippen molar-refractivity contribution in [3.05, 3.63) is 17.7 Å². The summed E-state index contributed by atoms with van der Waals surface area (Å²) in [4.78, 5) is 9.77. The van der Waals surface area contributed by atoms with Gasteiger partial charge in [0, 0.05) is 17.9 Å². The number of imidazole rings is 1. The van der Waals surface area contributed by atoms with Gasteiger partial charge >= 0.3 is 0 Å². The second kappa shape index (κ2) is 4.11. The molecule has 1 unspecified atom stereocenters. The number of rotatable bonds is 3. The van der Waals surface area contributed by atoms with Gasteiger partial charge in [0.05, 0.1) is 13.2 Å². The number of hydrogen-bond acceptors (Lipinski definition) is 3. The van der Waals surface area contributed by atoms with E-state index in [1.807, 2.05) is 13.1 Å². The van der Waals surface area contributed by atoms with Crippen LogP contribution < -0.4 is 0 Å². The molecule has 0 aliphatic carbocycles. The summed E-state index contributed by atoms with van der Waals surface area (Å²) in [6.45, 7) is 4.17. The van der Waals surface area contributed by atoms with E-state index in [4.69, 9.17) is 5.11 Å². The predicted molar refractivity (Wildman–Crippen MR) is 53.8 cm³/mol. The maximum atomic E-state index is 9.15. The second-order valence-corrected chi connectivity index (χ2v) is 3.96. The normalized spacial score (nSPS) is 23.1. The molecule has 1 atom stereocenters. The molecule has 2 N–H and O–H groups in total. The van der Waals surface area contributed by atoms with Crippen LogP contribution in [0.1, 0.15) is 24.4 Å². The number of aromatic nitrogens is 2. The lowest BCUT2D eigenvalue weighted by Gasteiger charge is -2.21. The fourth-order valence-electron chi connectivity index (χ4n) is 2.05. The molecule has 0 amide bonds. The fraction of sp³-hybridized carbons (Fsp3) is 0.700. The average molecular weight is 195 g/mol. The van der Waals surface area contributed by atoms with Crippen LogP contribution >= 0.6 is 0 Å². The van der Waals surface area contributed by atoms with E-state index in [0.717, 1.165) is 31.0 Å². The van der Waals surface area contributed by atoms with Gasteiger partial charge in [-0.15, -0.1) is 0 Å². The number of nitrogens with one attached hydrogen (secondary N) is 1. The number of likely N-dealkylation sites (tertiary alicyclic amines) is 1. The summed E-state index contributed by atoms with van der Waals surface area (Å²) in [5, 5.41) is 9.15. The van der Waals surface area contributed by atoms with Gasteiger partial charge in [-0.2, -0.15) is 0 Å². The Kier molecular flexibility index (Phi) is 2.84. The largest absolute Gasteiger partial charge is 0.395 e. The Morgan fingerprint density at radius 3 is 3.21 bits per heavy atom.